The summed E-state index contributed by atoms with van der Waals surface area (Å²) in [7, 11) is 0. The molecule has 0 spiro atoms. The van der Waals surface area contributed by atoms with Gasteiger partial charge >= 0.3 is 5.97 Å². The van der Waals surface area contributed by atoms with Crippen LogP contribution in [-0.2, 0) is 9.53 Å². The Kier molecular flexibility index (Phi) is 6.71. The van der Waals surface area contributed by atoms with Crippen LogP contribution in [0.2, 0.25) is 5.02 Å². The van der Waals surface area contributed by atoms with Gasteiger partial charge in [0.15, 0.2) is 0 Å². The van der Waals surface area contributed by atoms with E-state index in [0.717, 1.165) is 24.3 Å². The lowest BCUT2D eigenvalue weighted by Gasteiger charge is -2.35. The molecular weight excluding hydrogens is 376 g/mol. The van der Waals surface area contributed by atoms with Gasteiger partial charge in [-0.1, -0.05) is 23.7 Å². The zero-order valence-corrected chi connectivity index (χ0v) is 16.6. The lowest BCUT2D eigenvalue weighted by molar-refractivity contribution is -0.126. The number of ether oxygens (including phenoxy) is 1. The molecule has 2 aromatic carbocycles. The Morgan fingerprint density at radius 1 is 1.00 bits per heavy atom. The molecule has 0 N–H and O–H groups in total. The van der Waals surface area contributed by atoms with Crippen molar-refractivity contribution in [2.75, 3.05) is 37.7 Å². The second-order valence-corrected chi connectivity index (χ2v) is 6.90. The molecule has 3 rings (SSSR count). The minimum atomic E-state index is -0.308. The van der Waals surface area contributed by atoms with Crippen molar-refractivity contribution in [3.8, 4) is 0 Å². The van der Waals surface area contributed by atoms with Crippen LogP contribution in [0.4, 0.5) is 5.69 Å². The van der Waals surface area contributed by atoms with E-state index in [2.05, 4.69) is 4.90 Å². The third-order valence-corrected chi connectivity index (χ3v) is 4.88. The van der Waals surface area contributed by atoms with Crippen LogP contribution in [-0.4, -0.2) is 49.6 Å². The number of carbonyl (C=O) groups excluding carboxylic acids is 2. The number of piperazine rings is 1. The molecule has 0 radical (unpaired) electrons. The molecule has 0 saturated carbocycles. The topological polar surface area (TPSA) is 49.9 Å². The van der Waals surface area contributed by atoms with E-state index in [1.807, 2.05) is 29.2 Å². The summed E-state index contributed by atoms with van der Waals surface area (Å²) >= 11 is 5.87. The maximum absolute atomic E-state index is 12.4. The number of hydrogen-bond acceptors (Lipinski definition) is 4. The molecular formula is C22H23ClN2O3. The molecule has 2 aromatic rings. The molecule has 0 bridgehead atoms. The van der Waals surface area contributed by atoms with Crippen LogP contribution in [0.15, 0.2) is 54.6 Å². The van der Waals surface area contributed by atoms with E-state index in [-0.39, 0.29) is 11.9 Å². The zero-order chi connectivity index (χ0) is 19.9. The number of esters is 1. The van der Waals surface area contributed by atoms with Crippen molar-refractivity contribution >= 4 is 35.2 Å². The summed E-state index contributed by atoms with van der Waals surface area (Å²) in [6, 6.07) is 14.8. The third-order valence-electron chi connectivity index (χ3n) is 4.62. The summed E-state index contributed by atoms with van der Waals surface area (Å²) in [6.45, 7) is 4.96. The number of nitrogens with zero attached hydrogens (tertiary/aromatic N) is 2. The second-order valence-electron chi connectivity index (χ2n) is 6.46. The number of rotatable bonds is 5. The minimum Gasteiger partial charge on any atom is -0.462 e. The van der Waals surface area contributed by atoms with Crippen LogP contribution in [0.25, 0.3) is 6.08 Å². The van der Waals surface area contributed by atoms with E-state index >= 15 is 0 Å². The smallest absolute Gasteiger partial charge is 0.338 e. The summed E-state index contributed by atoms with van der Waals surface area (Å²) in [4.78, 5) is 28.2. The lowest BCUT2D eigenvalue weighted by atomic mass is 10.1. The first-order chi connectivity index (χ1) is 13.6. The molecule has 1 amide bonds. The molecule has 1 saturated heterocycles. The highest BCUT2D eigenvalue weighted by atomic mass is 35.5. The number of anilines is 1. The van der Waals surface area contributed by atoms with E-state index in [1.165, 1.54) is 0 Å². The van der Waals surface area contributed by atoms with Crippen molar-refractivity contribution in [3.63, 3.8) is 0 Å². The van der Waals surface area contributed by atoms with E-state index in [1.54, 1.807) is 43.3 Å². The Balaban J connectivity index is 1.53. The predicted octanol–water partition coefficient (Wildman–Crippen LogP) is 3.88. The summed E-state index contributed by atoms with van der Waals surface area (Å²) < 4.78 is 5.00. The number of benzene rings is 2. The van der Waals surface area contributed by atoms with Crippen LogP contribution in [0.3, 0.4) is 0 Å². The maximum Gasteiger partial charge on any atom is 0.338 e. The molecule has 146 valence electrons. The van der Waals surface area contributed by atoms with Gasteiger partial charge in [0.05, 0.1) is 12.2 Å². The van der Waals surface area contributed by atoms with Gasteiger partial charge in [0.1, 0.15) is 0 Å². The molecule has 0 atom stereocenters. The Morgan fingerprint density at radius 2 is 1.64 bits per heavy atom. The van der Waals surface area contributed by atoms with Crippen LogP contribution in [0.5, 0.6) is 0 Å². The zero-order valence-electron chi connectivity index (χ0n) is 15.8. The molecule has 1 fully saturated rings. The minimum absolute atomic E-state index is 0.00672. The van der Waals surface area contributed by atoms with Crippen molar-refractivity contribution in [1.29, 1.82) is 0 Å². The fourth-order valence-corrected chi connectivity index (χ4v) is 3.18. The average Bonchev–Trinajstić information content (AvgIpc) is 2.73. The molecule has 0 aliphatic carbocycles. The standard InChI is InChI=1S/C22H23ClN2O3/c1-2-28-22(27)18-6-10-20(11-7-18)24-13-15-25(16-14-24)21(26)12-5-17-3-8-19(23)9-4-17/h3-12H,2,13-16H2,1H3. The summed E-state index contributed by atoms with van der Waals surface area (Å²) in [5, 5.41) is 0.676. The average molecular weight is 399 g/mol. The van der Waals surface area contributed by atoms with Gasteiger partial charge in [-0.2, -0.15) is 0 Å². The normalized spacial score (nSPS) is 14.4. The fourth-order valence-electron chi connectivity index (χ4n) is 3.05. The van der Waals surface area contributed by atoms with Crippen molar-refractivity contribution in [3.05, 3.63) is 70.8 Å². The van der Waals surface area contributed by atoms with E-state index in [4.69, 9.17) is 16.3 Å². The summed E-state index contributed by atoms with van der Waals surface area (Å²) in [6.07, 6.45) is 3.41. The highest BCUT2D eigenvalue weighted by molar-refractivity contribution is 6.30. The molecule has 1 aliphatic rings. The van der Waals surface area contributed by atoms with Gasteiger partial charge in [-0.05, 0) is 55.0 Å². The SMILES string of the molecule is CCOC(=O)c1ccc(N2CCN(C(=O)C=Cc3ccc(Cl)cc3)CC2)cc1. The molecule has 0 unspecified atom stereocenters. The Bertz CT molecular complexity index is 839. The van der Waals surface area contributed by atoms with E-state index in [0.29, 0.717) is 30.3 Å². The first-order valence-electron chi connectivity index (χ1n) is 9.31. The van der Waals surface area contributed by atoms with E-state index in [9.17, 15) is 9.59 Å². The van der Waals surface area contributed by atoms with Gasteiger partial charge in [0.25, 0.3) is 0 Å². The summed E-state index contributed by atoms with van der Waals surface area (Å²) in [5.74, 6) is -0.302. The number of halogens is 1. The van der Waals surface area contributed by atoms with Gasteiger partial charge in [-0.15, -0.1) is 0 Å². The molecule has 6 heteroatoms. The monoisotopic (exact) mass is 398 g/mol. The Morgan fingerprint density at radius 3 is 2.25 bits per heavy atom. The predicted molar refractivity (Wildman–Crippen MR) is 112 cm³/mol. The van der Waals surface area contributed by atoms with Crippen LogP contribution in [0, 0.1) is 0 Å². The van der Waals surface area contributed by atoms with Crippen molar-refractivity contribution < 1.29 is 14.3 Å². The van der Waals surface area contributed by atoms with Crippen LogP contribution < -0.4 is 4.90 Å². The quantitative estimate of drug-likeness (QED) is 0.566. The van der Waals surface area contributed by atoms with Crippen molar-refractivity contribution in [2.45, 2.75) is 6.92 Å². The highest BCUT2D eigenvalue weighted by Crippen LogP contribution is 2.18. The van der Waals surface area contributed by atoms with E-state index < -0.39 is 0 Å². The van der Waals surface area contributed by atoms with Crippen molar-refractivity contribution in [2.24, 2.45) is 0 Å². The van der Waals surface area contributed by atoms with Gasteiger partial charge in [-0.3, -0.25) is 4.79 Å². The molecule has 0 aromatic heterocycles. The molecule has 28 heavy (non-hydrogen) atoms. The third kappa shape index (κ3) is 5.14. The lowest BCUT2D eigenvalue weighted by Crippen LogP contribution is -2.48. The molecule has 1 aliphatic heterocycles. The molecule has 1 heterocycles. The first-order valence-corrected chi connectivity index (χ1v) is 9.69. The molecule has 5 nitrogen and oxygen atoms in total. The van der Waals surface area contributed by atoms with Gasteiger partial charge in [0.2, 0.25) is 5.91 Å². The number of hydrogen-bond donors (Lipinski definition) is 0. The maximum atomic E-state index is 12.4. The first kappa shape index (κ1) is 20.0. The van der Waals surface area contributed by atoms with Crippen molar-refractivity contribution in [1.82, 2.24) is 4.90 Å². The fraction of sp³-hybridized carbons (Fsp3) is 0.273. The van der Waals surface area contributed by atoms with Crippen LogP contribution in [0.1, 0.15) is 22.8 Å². The van der Waals surface area contributed by atoms with Crippen LogP contribution >= 0.6 is 11.6 Å². The highest BCUT2D eigenvalue weighted by Gasteiger charge is 2.20. The summed E-state index contributed by atoms with van der Waals surface area (Å²) in [5.41, 5.74) is 2.53. The Labute approximate surface area is 170 Å². The van der Waals surface area contributed by atoms with Gasteiger partial charge < -0.3 is 14.5 Å². The largest absolute Gasteiger partial charge is 0.462 e. The number of amides is 1. The van der Waals surface area contributed by atoms with Gasteiger partial charge in [-0.25, -0.2) is 4.79 Å². The van der Waals surface area contributed by atoms with Gasteiger partial charge in [0, 0.05) is 43.0 Å². The number of carbonyl (C=O) groups is 2. The Hall–Kier alpha value is -2.79. The second kappa shape index (κ2) is 9.42.